The molecule has 0 saturated heterocycles. The Balaban J connectivity index is 0.00000128. The van der Waals surface area contributed by atoms with Gasteiger partial charge in [0, 0.05) is 12.5 Å². The van der Waals surface area contributed by atoms with Gasteiger partial charge in [0.25, 0.3) is 0 Å². The molecule has 2 heterocycles. The standard InChI is InChI=1S/C12H14N3.Li/c1-12(2,3)10-8-15(9-14-10)11-6-4-5-7-13-11;/h4-8H,1-3H3;/q-1;+1. The van der Waals surface area contributed by atoms with Crippen molar-refractivity contribution in [1.82, 2.24) is 14.5 Å². The summed E-state index contributed by atoms with van der Waals surface area (Å²) in [6.45, 7) is 6.39. The van der Waals surface area contributed by atoms with Gasteiger partial charge in [0.1, 0.15) is 0 Å². The van der Waals surface area contributed by atoms with Crippen molar-refractivity contribution < 1.29 is 18.9 Å². The maximum Gasteiger partial charge on any atom is 1.00 e. The van der Waals surface area contributed by atoms with Gasteiger partial charge in [-0.15, -0.1) is 0 Å². The van der Waals surface area contributed by atoms with Crippen LogP contribution < -0.4 is 18.9 Å². The molecule has 0 unspecified atom stereocenters. The summed E-state index contributed by atoms with van der Waals surface area (Å²) in [5, 5.41) is 0. The van der Waals surface area contributed by atoms with E-state index in [0.29, 0.717) is 0 Å². The van der Waals surface area contributed by atoms with E-state index in [2.05, 4.69) is 37.1 Å². The molecule has 16 heavy (non-hydrogen) atoms. The van der Waals surface area contributed by atoms with Crippen LogP contribution in [0.25, 0.3) is 5.82 Å². The molecule has 4 heteroatoms. The molecule has 2 aromatic heterocycles. The summed E-state index contributed by atoms with van der Waals surface area (Å²) in [5.74, 6) is 0.848. The van der Waals surface area contributed by atoms with Gasteiger partial charge >= 0.3 is 18.9 Å². The van der Waals surface area contributed by atoms with E-state index in [4.69, 9.17) is 0 Å². The first kappa shape index (κ1) is 13.0. The van der Waals surface area contributed by atoms with Gasteiger partial charge in [-0.25, -0.2) is 0 Å². The minimum atomic E-state index is 0. The smallest absolute Gasteiger partial charge is 0.418 e. The molecule has 0 fully saturated rings. The largest absolute Gasteiger partial charge is 1.00 e. The van der Waals surface area contributed by atoms with E-state index in [9.17, 15) is 0 Å². The molecule has 0 N–H and O–H groups in total. The molecule has 0 radical (unpaired) electrons. The van der Waals surface area contributed by atoms with E-state index in [1.165, 1.54) is 0 Å². The summed E-state index contributed by atoms with van der Waals surface area (Å²) in [7, 11) is 0. The molecule has 0 saturated carbocycles. The van der Waals surface area contributed by atoms with E-state index >= 15 is 0 Å². The van der Waals surface area contributed by atoms with Crippen LogP contribution in [-0.2, 0) is 5.41 Å². The first-order valence-corrected chi connectivity index (χ1v) is 4.96. The molecule has 0 aliphatic rings. The monoisotopic (exact) mass is 207 g/mol. The van der Waals surface area contributed by atoms with Crippen molar-refractivity contribution in [3.8, 4) is 5.82 Å². The fourth-order valence-corrected chi connectivity index (χ4v) is 1.26. The van der Waals surface area contributed by atoms with Crippen LogP contribution in [0, 0.1) is 6.33 Å². The Kier molecular flexibility index (Phi) is 3.96. The molecule has 0 aliphatic heterocycles. The third-order valence-electron chi connectivity index (χ3n) is 2.19. The van der Waals surface area contributed by atoms with E-state index in [1.807, 2.05) is 29.0 Å². The Morgan fingerprint density at radius 1 is 1.25 bits per heavy atom. The summed E-state index contributed by atoms with van der Waals surface area (Å²) in [6, 6.07) is 5.78. The quantitative estimate of drug-likeness (QED) is 0.460. The van der Waals surface area contributed by atoms with Crippen molar-refractivity contribution in [2.45, 2.75) is 26.2 Å². The van der Waals surface area contributed by atoms with Crippen molar-refractivity contribution in [2.75, 3.05) is 0 Å². The normalized spacial score (nSPS) is 10.9. The van der Waals surface area contributed by atoms with Crippen molar-refractivity contribution in [2.24, 2.45) is 0 Å². The van der Waals surface area contributed by atoms with Crippen LogP contribution in [0.15, 0.2) is 30.6 Å². The SMILES string of the molecule is CC(C)(C)c1cn(-c2ccccn2)[c-]n1.[Li+]. The summed E-state index contributed by atoms with van der Waals surface area (Å²) < 4.78 is 1.82. The fourth-order valence-electron chi connectivity index (χ4n) is 1.26. The Labute approximate surface area is 108 Å². The number of aromatic nitrogens is 3. The Morgan fingerprint density at radius 2 is 2.00 bits per heavy atom. The predicted molar refractivity (Wildman–Crippen MR) is 58.9 cm³/mol. The third kappa shape index (κ3) is 2.75. The molecule has 3 nitrogen and oxygen atoms in total. The molecule has 78 valence electrons. The van der Waals surface area contributed by atoms with E-state index in [0.717, 1.165) is 11.5 Å². The van der Waals surface area contributed by atoms with Crippen LogP contribution in [0.4, 0.5) is 0 Å². The molecule has 0 aromatic carbocycles. The number of imidazole rings is 1. The van der Waals surface area contributed by atoms with Crippen LogP contribution >= 0.6 is 0 Å². The number of rotatable bonds is 1. The van der Waals surface area contributed by atoms with Gasteiger partial charge in [0.2, 0.25) is 0 Å². The second-order valence-corrected chi connectivity index (χ2v) is 4.53. The van der Waals surface area contributed by atoms with Gasteiger partial charge in [0.05, 0.1) is 5.82 Å². The van der Waals surface area contributed by atoms with E-state index in [-0.39, 0.29) is 24.3 Å². The first-order valence-electron chi connectivity index (χ1n) is 4.96. The summed E-state index contributed by atoms with van der Waals surface area (Å²) in [6.07, 6.45) is 6.67. The van der Waals surface area contributed by atoms with Crippen molar-refractivity contribution >= 4 is 0 Å². The zero-order valence-electron chi connectivity index (χ0n) is 10.2. The molecular weight excluding hydrogens is 193 g/mol. The van der Waals surface area contributed by atoms with Gasteiger partial charge in [-0.3, -0.25) is 4.98 Å². The molecule has 2 rings (SSSR count). The Hall–Kier alpha value is -1.04. The van der Waals surface area contributed by atoms with Crippen LogP contribution in [-0.4, -0.2) is 14.5 Å². The van der Waals surface area contributed by atoms with Gasteiger partial charge in [0.15, 0.2) is 0 Å². The molecule has 2 aromatic rings. The van der Waals surface area contributed by atoms with Crippen molar-refractivity contribution in [3.05, 3.63) is 42.6 Å². The van der Waals surface area contributed by atoms with Gasteiger partial charge in [-0.05, 0) is 11.5 Å². The molecule has 0 atom stereocenters. The fraction of sp³-hybridized carbons (Fsp3) is 0.333. The summed E-state index contributed by atoms with van der Waals surface area (Å²) >= 11 is 0. The maximum absolute atomic E-state index is 4.26. The zero-order valence-corrected chi connectivity index (χ0v) is 10.2. The predicted octanol–water partition coefficient (Wildman–Crippen LogP) is -0.631. The molecule has 0 bridgehead atoms. The van der Waals surface area contributed by atoms with Crippen LogP contribution in [0.2, 0.25) is 0 Å². The topological polar surface area (TPSA) is 30.7 Å². The van der Waals surface area contributed by atoms with Gasteiger partial charge in [-0.2, -0.15) is 0 Å². The third-order valence-corrected chi connectivity index (χ3v) is 2.19. The number of hydrogen-bond donors (Lipinski definition) is 0. The van der Waals surface area contributed by atoms with Crippen molar-refractivity contribution in [3.63, 3.8) is 0 Å². The first-order chi connectivity index (χ1) is 7.07. The van der Waals surface area contributed by atoms with Crippen LogP contribution in [0.1, 0.15) is 26.5 Å². The van der Waals surface area contributed by atoms with Crippen molar-refractivity contribution in [1.29, 1.82) is 0 Å². The maximum atomic E-state index is 4.26. The van der Waals surface area contributed by atoms with Crippen LogP contribution in [0.3, 0.4) is 0 Å². The zero-order chi connectivity index (χ0) is 10.9. The average Bonchev–Trinajstić information content (AvgIpc) is 2.67. The minimum absolute atomic E-state index is 0. The minimum Gasteiger partial charge on any atom is -0.418 e. The van der Waals surface area contributed by atoms with Gasteiger partial charge in [-0.1, -0.05) is 44.8 Å². The molecule has 0 amide bonds. The van der Waals surface area contributed by atoms with Gasteiger partial charge < -0.3 is 9.55 Å². The number of nitrogens with zero attached hydrogens (tertiary/aromatic N) is 3. The number of pyridine rings is 1. The van der Waals surface area contributed by atoms with Crippen LogP contribution in [0.5, 0.6) is 0 Å². The number of hydrogen-bond acceptors (Lipinski definition) is 2. The Bertz CT molecular complexity index is 443. The molecular formula is C12H14LiN3. The average molecular weight is 207 g/mol. The second kappa shape index (κ2) is 4.86. The summed E-state index contributed by atoms with van der Waals surface area (Å²) in [5.41, 5.74) is 1.07. The molecule has 0 spiro atoms. The Morgan fingerprint density at radius 3 is 2.50 bits per heavy atom. The van der Waals surface area contributed by atoms with E-state index in [1.54, 1.807) is 6.20 Å². The molecule has 0 aliphatic carbocycles. The summed E-state index contributed by atoms with van der Waals surface area (Å²) in [4.78, 5) is 8.50. The second-order valence-electron chi connectivity index (χ2n) is 4.53. The van der Waals surface area contributed by atoms with E-state index < -0.39 is 0 Å².